The Morgan fingerprint density at radius 2 is 1.52 bits per heavy atom. The summed E-state index contributed by atoms with van der Waals surface area (Å²) in [5.41, 5.74) is 0.759. The molecule has 4 N–H and O–H groups in total. The van der Waals surface area contributed by atoms with E-state index >= 15 is 0 Å². The van der Waals surface area contributed by atoms with Crippen molar-refractivity contribution in [3.8, 4) is 17.2 Å². The highest BCUT2D eigenvalue weighted by molar-refractivity contribution is 5.89. The maximum Gasteiger partial charge on any atom is 0.407 e. The largest absolute Gasteiger partial charge is 0.493 e. The molecule has 0 aliphatic heterocycles. The van der Waals surface area contributed by atoms with Crippen molar-refractivity contribution in [2.45, 2.75) is 97.4 Å². The lowest BCUT2D eigenvalue weighted by Crippen LogP contribution is -2.53. The van der Waals surface area contributed by atoms with Gasteiger partial charge in [-0.25, -0.2) is 4.79 Å². The molecule has 0 bridgehead atoms. The molecular weight excluding hydrogens is 642 g/mol. The minimum atomic E-state index is -1.18. The number of aliphatic hydroxyl groups is 1. The quantitative estimate of drug-likeness (QED) is 0.134. The summed E-state index contributed by atoms with van der Waals surface area (Å²) in [5, 5.41) is 20.5. The lowest BCUT2D eigenvalue weighted by atomic mass is 9.87. The first kappa shape index (κ1) is 42.1. The number of rotatable bonds is 21. The van der Waals surface area contributed by atoms with Gasteiger partial charge in [0.25, 0.3) is 0 Å². The summed E-state index contributed by atoms with van der Waals surface area (Å²) in [7, 11) is 4.51. The highest BCUT2D eigenvalue weighted by atomic mass is 16.6. The second kappa shape index (κ2) is 21.2. The van der Waals surface area contributed by atoms with E-state index in [1.807, 2.05) is 51.1 Å². The molecule has 2 aromatic carbocycles. The van der Waals surface area contributed by atoms with E-state index < -0.39 is 41.7 Å². The van der Waals surface area contributed by atoms with Gasteiger partial charge in [-0.15, -0.1) is 0 Å². The van der Waals surface area contributed by atoms with E-state index in [0.717, 1.165) is 12.0 Å². The summed E-state index contributed by atoms with van der Waals surface area (Å²) >= 11 is 0. The van der Waals surface area contributed by atoms with Crippen LogP contribution in [-0.4, -0.2) is 87.9 Å². The van der Waals surface area contributed by atoms with Gasteiger partial charge in [0.2, 0.25) is 17.6 Å². The van der Waals surface area contributed by atoms with Gasteiger partial charge in [-0.2, -0.15) is 0 Å². The van der Waals surface area contributed by atoms with Crippen molar-refractivity contribution in [2.75, 3.05) is 41.1 Å². The normalized spacial score (nSPS) is 13.8. The molecule has 2 rings (SSSR count). The summed E-state index contributed by atoms with van der Waals surface area (Å²) in [5.74, 6) is -0.617. The summed E-state index contributed by atoms with van der Waals surface area (Å²) in [6, 6.07) is 11.3. The maximum atomic E-state index is 14.2. The molecule has 50 heavy (non-hydrogen) atoms. The van der Waals surface area contributed by atoms with Crippen LogP contribution in [0, 0.1) is 11.8 Å². The van der Waals surface area contributed by atoms with Crippen molar-refractivity contribution in [2.24, 2.45) is 11.8 Å². The molecule has 0 heterocycles. The third-order valence-corrected chi connectivity index (χ3v) is 7.97. The summed E-state index contributed by atoms with van der Waals surface area (Å²) in [4.78, 5) is 40.4. The van der Waals surface area contributed by atoms with Crippen LogP contribution in [0.15, 0.2) is 42.5 Å². The van der Waals surface area contributed by atoms with Gasteiger partial charge >= 0.3 is 6.09 Å². The van der Waals surface area contributed by atoms with Gasteiger partial charge in [0.15, 0.2) is 11.5 Å². The molecule has 280 valence electrons. The number of carbonyl (C=O) groups is 3. The molecule has 0 fully saturated rings. The third kappa shape index (κ3) is 14.1. The second-order valence-corrected chi connectivity index (χ2v) is 13.6. The Morgan fingerprint density at radius 3 is 2.10 bits per heavy atom. The Kier molecular flexibility index (Phi) is 17.9. The van der Waals surface area contributed by atoms with Crippen LogP contribution in [0.2, 0.25) is 0 Å². The first-order valence-electron chi connectivity index (χ1n) is 17.4. The van der Waals surface area contributed by atoms with Gasteiger partial charge in [-0.05, 0) is 76.0 Å². The standard InChI is InChI=1S/C38H59N3O9/c1-10-20-49-21-14-19-39-36(44)32(25(2)3)41-35(43)28(23-27-17-18-31(46-7)34(48-9)33(27)47-8)24-30(42)29(22-26-15-12-11-13-16-26)40-37(45)50-38(4,5)6/h11-13,15-18,25,28-30,32,42H,10,14,19-24H2,1-9H3,(H,39,44)(H,40,45)(H,41,43). The van der Waals surface area contributed by atoms with Gasteiger partial charge in [0.1, 0.15) is 11.6 Å². The van der Waals surface area contributed by atoms with Crippen LogP contribution < -0.4 is 30.2 Å². The number of nitrogens with one attached hydrogen (secondary N) is 3. The van der Waals surface area contributed by atoms with Crippen LogP contribution in [0.25, 0.3) is 0 Å². The van der Waals surface area contributed by atoms with Crippen LogP contribution in [0.1, 0.15) is 71.9 Å². The average Bonchev–Trinajstić information content (AvgIpc) is 3.06. The van der Waals surface area contributed by atoms with Gasteiger partial charge < -0.3 is 44.7 Å². The zero-order valence-electron chi connectivity index (χ0n) is 31.3. The Bertz CT molecular complexity index is 1330. The number of carbonyl (C=O) groups excluding carboxylic acids is 3. The molecule has 0 saturated heterocycles. The zero-order valence-corrected chi connectivity index (χ0v) is 31.3. The summed E-state index contributed by atoms with van der Waals surface area (Å²) in [6.07, 6.45) is 0.0506. The molecule has 0 aliphatic rings. The summed E-state index contributed by atoms with van der Waals surface area (Å²) in [6.45, 7) is 12.6. The van der Waals surface area contributed by atoms with E-state index in [1.54, 1.807) is 32.9 Å². The van der Waals surface area contributed by atoms with Gasteiger partial charge in [-0.3, -0.25) is 9.59 Å². The number of ether oxygens (including phenoxy) is 5. The van der Waals surface area contributed by atoms with Crippen LogP contribution in [0.4, 0.5) is 4.79 Å². The van der Waals surface area contributed by atoms with E-state index in [0.29, 0.717) is 49.0 Å². The van der Waals surface area contributed by atoms with Crippen LogP contribution in [0.3, 0.4) is 0 Å². The van der Waals surface area contributed by atoms with Crippen molar-refractivity contribution in [1.82, 2.24) is 16.0 Å². The Hall–Kier alpha value is -4.03. The lowest BCUT2D eigenvalue weighted by molar-refractivity contribution is -0.132. The molecule has 0 saturated carbocycles. The predicted octanol–water partition coefficient (Wildman–Crippen LogP) is 4.83. The molecule has 4 atom stereocenters. The zero-order chi connectivity index (χ0) is 37.3. The monoisotopic (exact) mass is 701 g/mol. The molecule has 0 aliphatic carbocycles. The molecule has 12 nitrogen and oxygen atoms in total. The molecule has 4 unspecified atom stereocenters. The fraction of sp³-hybridized carbons (Fsp3) is 0.605. The van der Waals surface area contributed by atoms with Crippen LogP contribution in [-0.2, 0) is 31.9 Å². The Labute approximate surface area is 297 Å². The molecule has 0 aromatic heterocycles. The number of amides is 3. The first-order valence-corrected chi connectivity index (χ1v) is 17.4. The van der Waals surface area contributed by atoms with E-state index in [-0.39, 0.29) is 31.1 Å². The van der Waals surface area contributed by atoms with Crippen molar-refractivity contribution < 1.29 is 43.2 Å². The van der Waals surface area contributed by atoms with Crippen molar-refractivity contribution in [1.29, 1.82) is 0 Å². The molecule has 12 heteroatoms. The maximum absolute atomic E-state index is 14.2. The minimum Gasteiger partial charge on any atom is -0.493 e. The van der Waals surface area contributed by atoms with Gasteiger partial charge in [0, 0.05) is 25.7 Å². The van der Waals surface area contributed by atoms with E-state index in [1.165, 1.54) is 21.3 Å². The number of hydrogen-bond acceptors (Lipinski definition) is 9. The summed E-state index contributed by atoms with van der Waals surface area (Å²) < 4.78 is 27.8. The van der Waals surface area contributed by atoms with Crippen LogP contribution in [0.5, 0.6) is 17.2 Å². The van der Waals surface area contributed by atoms with Crippen molar-refractivity contribution in [3.05, 3.63) is 53.6 Å². The topological polar surface area (TPSA) is 154 Å². The third-order valence-electron chi connectivity index (χ3n) is 7.97. The predicted molar refractivity (Wildman–Crippen MR) is 193 cm³/mol. The Balaban J connectivity index is 2.43. The number of alkyl carbamates (subject to hydrolysis) is 1. The molecule has 3 amide bonds. The average molecular weight is 702 g/mol. The molecular formula is C38H59N3O9. The number of methoxy groups -OCH3 is 3. The fourth-order valence-electron chi connectivity index (χ4n) is 5.49. The SMILES string of the molecule is CCCOCCCNC(=O)C(NC(=O)C(Cc1ccc(OC)c(OC)c1OC)CC(O)C(Cc1ccccc1)NC(=O)OC(C)(C)C)C(C)C. The van der Waals surface area contributed by atoms with Crippen molar-refractivity contribution in [3.63, 3.8) is 0 Å². The van der Waals surface area contributed by atoms with Gasteiger partial charge in [0.05, 0.1) is 33.5 Å². The number of aliphatic hydroxyl groups excluding tert-OH is 1. The lowest BCUT2D eigenvalue weighted by Gasteiger charge is -2.30. The molecule has 0 spiro atoms. The second-order valence-electron chi connectivity index (χ2n) is 13.6. The molecule has 0 radical (unpaired) electrons. The number of hydrogen-bond donors (Lipinski definition) is 4. The first-order chi connectivity index (χ1) is 23.7. The molecule has 2 aromatic rings. The highest BCUT2D eigenvalue weighted by Crippen LogP contribution is 2.41. The van der Waals surface area contributed by atoms with E-state index in [4.69, 9.17) is 23.7 Å². The Morgan fingerprint density at radius 1 is 0.840 bits per heavy atom. The van der Waals surface area contributed by atoms with Gasteiger partial charge in [-0.1, -0.05) is 57.2 Å². The minimum absolute atomic E-state index is 0.0577. The van der Waals surface area contributed by atoms with E-state index in [9.17, 15) is 19.5 Å². The van der Waals surface area contributed by atoms with E-state index in [2.05, 4.69) is 16.0 Å². The number of benzene rings is 2. The fourth-order valence-corrected chi connectivity index (χ4v) is 5.49. The smallest absolute Gasteiger partial charge is 0.407 e. The van der Waals surface area contributed by atoms with Crippen molar-refractivity contribution >= 4 is 17.9 Å². The highest BCUT2D eigenvalue weighted by Gasteiger charge is 2.34. The van der Waals surface area contributed by atoms with Crippen LogP contribution >= 0.6 is 0 Å².